The molecular weight excluding hydrogens is 466 g/mol. The third kappa shape index (κ3) is 5.30. The molecule has 6 rings (SSSR count). The molecule has 0 fully saturated rings. The normalized spacial score (nSPS) is 10.7. The van der Waals surface area contributed by atoms with Crippen LogP contribution in [0.4, 0.5) is 34.9 Å². The number of aromatic nitrogens is 4. The van der Waals surface area contributed by atoms with Gasteiger partial charge in [0.15, 0.2) is 5.76 Å². The van der Waals surface area contributed by atoms with E-state index in [9.17, 15) is 0 Å². The summed E-state index contributed by atoms with van der Waals surface area (Å²) in [5.74, 6) is 2.41. The first-order chi connectivity index (χ1) is 18.3. The molecule has 0 saturated carbocycles. The van der Waals surface area contributed by atoms with Crippen molar-refractivity contribution in [2.45, 2.75) is 0 Å². The molecule has 0 radical (unpaired) electrons. The van der Waals surface area contributed by atoms with E-state index in [1.807, 2.05) is 97.1 Å². The molecule has 0 unspecified atom stereocenters. The second-order valence-corrected chi connectivity index (χ2v) is 8.04. The quantitative estimate of drug-likeness (QED) is 0.208. The Morgan fingerprint density at radius 2 is 1.05 bits per heavy atom. The van der Waals surface area contributed by atoms with Gasteiger partial charge in [-0.3, -0.25) is 0 Å². The van der Waals surface area contributed by atoms with E-state index in [0.717, 1.165) is 22.6 Å². The number of anilines is 6. The molecule has 3 aromatic carbocycles. The molecular formula is C28H21N7O2. The number of para-hydroxylation sites is 2. The topological polar surface area (TPSA) is 114 Å². The molecule has 0 saturated heterocycles. The highest BCUT2D eigenvalue weighted by Crippen LogP contribution is 2.28. The first kappa shape index (κ1) is 22.1. The molecule has 0 amide bonds. The lowest BCUT2D eigenvalue weighted by Crippen LogP contribution is -2.07. The molecule has 0 aliphatic carbocycles. The van der Waals surface area contributed by atoms with Crippen LogP contribution in [0.2, 0.25) is 0 Å². The lowest BCUT2D eigenvalue weighted by atomic mass is 10.1. The number of hydrogen-bond acceptors (Lipinski definition) is 9. The fourth-order valence-electron chi connectivity index (χ4n) is 3.64. The second kappa shape index (κ2) is 10.0. The summed E-state index contributed by atoms with van der Waals surface area (Å²) in [6.07, 6.45) is 1.60. The number of hydrogen-bond donors (Lipinski definition) is 3. The fourth-order valence-corrected chi connectivity index (χ4v) is 3.64. The predicted molar refractivity (Wildman–Crippen MR) is 142 cm³/mol. The van der Waals surface area contributed by atoms with Crippen molar-refractivity contribution in [3.8, 4) is 22.8 Å². The molecule has 0 aliphatic rings. The minimum atomic E-state index is 0.390. The van der Waals surface area contributed by atoms with Crippen molar-refractivity contribution < 1.29 is 8.94 Å². The monoisotopic (exact) mass is 487 g/mol. The van der Waals surface area contributed by atoms with E-state index in [4.69, 9.17) is 8.94 Å². The van der Waals surface area contributed by atoms with Crippen molar-refractivity contribution in [3.05, 3.63) is 109 Å². The first-order valence-corrected chi connectivity index (χ1v) is 11.6. The highest BCUT2D eigenvalue weighted by molar-refractivity contribution is 5.68. The lowest BCUT2D eigenvalue weighted by Gasteiger charge is -2.11. The number of nitrogens with one attached hydrogen (secondary N) is 3. The second-order valence-electron chi connectivity index (χ2n) is 8.04. The zero-order chi connectivity index (χ0) is 24.9. The molecule has 9 heteroatoms. The molecule has 6 aromatic rings. The van der Waals surface area contributed by atoms with Crippen LogP contribution in [0.3, 0.4) is 0 Å². The summed E-state index contributed by atoms with van der Waals surface area (Å²) in [4.78, 5) is 13.6. The van der Waals surface area contributed by atoms with E-state index in [-0.39, 0.29) is 0 Å². The van der Waals surface area contributed by atoms with Gasteiger partial charge in [0.25, 0.3) is 0 Å². The Hall–Kier alpha value is -5.44. The van der Waals surface area contributed by atoms with E-state index in [0.29, 0.717) is 35.1 Å². The first-order valence-electron chi connectivity index (χ1n) is 11.6. The summed E-state index contributed by atoms with van der Waals surface area (Å²) < 4.78 is 10.8. The number of rotatable bonds is 8. The molecule has 0 spiro atoms. The van der Waals surface area contributed by atoms with Crippen LogP contribution < -0.4 is 16.0 Å². The molecule has 37 heavy (non-hydrogen) atoms. The van der Waals surface area contributed by atoms with Crippen LogP contribution in [0, 0.1) is 0 Å². The molecule has 0 bridgehead atoms. The molecule has 0 aliphatic heterocycles. The number of furan rings is 1. The SMILES string of the molecule is c1ccc(Nc2nc(Nc3ccccc3)nc(Nc3ccc(-c4cc(-c5ccco5)on4)cc3)n2)cc1. The van der Waals surface area contributed by atoms with Crippen molar-refractivity contribution in [2.75, 3.05) is 16.0 Å². The van der Waals surface area contributed by atoms with Gasteiger partial charge in [0.2, 0.25) is 23.6 Å². The van der Waals surface area contributed by atoms with Gasteiger partial charge in [-0.05, 0) is 48.5 Å². The zero-order valence-corrected chi connectivity index (χ0v) is 19.5. The van der Waals surface area contributed by atoms with E-state index in [1.54, 1.807) is 12.3 Å². The zero-order valence-electron chi connectivity index (χ0n) is 19.5. The largest absolute Gasteiger partial charge is 0.461 e. The van der Waals surface area contributed by atoms with Crippen LogP contribution in [0.5, 0.6) is 0 Å². The van der Waals surface area contributed by atoms with Crippen LogP contribution in [0.1, 0.15) is 0 Å². The molecule has 9 nitrogen and oxygen atoms in total. The maximum Gasteiger partial charge on any atom is 0.233 e. The Labute approximate surface area is 212 Å². The third-order valence-electron chi connectivity index (χ3n) is 5.41. The Morgan fingerprint density at radius 3 is 1.57 bits per heavy atom. The smallest absolute Gasteiger partial charge is 0.233 e. The van der Waals surface area contributed by atoms with Gasteiger partial charge in [-0.2, -0.15) is 15.0 Å². The van der Waals surface area contributed by atoms with Crippen LogP contribution >= 0.6 is 0 Å². The van der Waals surface area contributed by atoms with Crippen molar-refractivity contribution >= 4 is 34.9 Å². The number of benzene rings is 3. The van der Waals surface area contributed by atoms with E-state index < -0.39 is 0 Å². The van der Waals surface area contributed by atoms with Gasteiger partial charge in [-0.15, -0.1) is 0 Å². The van der Waals surface area contributed by atoms with Crippen molar-refractivity contribution in [1.82, 2.24) is 20.1 Å². The molecule has 3 aromatic heterocycles. The highest BCUT2D eigenvalue weighted by atomic mass is 16.5. The van der Waals surface area contributed by atoms with Crippen molar-refractivity contribution in [2.24, 2.45) is 0 Å². The highest BCUT2D eigenvalue weighted by Gasteiger charge is 2.12. The van der Waals surface area contributed by atoms with Crippen molar-refractivity contribution in [1.29, 1.82) is 0 Å². The summed E-state index contributed by atoms with van der Waals surface area (Å²) in [5, 5.41) is 13.9. The Bertz CT molecular complexity index is 1520. The standard InChI is InChI=1S/C28H21N7O2/c1-3-8-20(9-4-1)29-26-32-27(30-21-10-5-2-6-11-21)34-28(33-26)31-22-15-13-19(14-16-22)23-18-25(37-35-23)24-12-7-17-36-24/h1-18H,(H3,29,30,31,32,33,34). The van der Waals surface area contributed by atoms with Gasteiger partial charge in [0.05, 0.1) is 6.26 Å². The minimum Gasteiger partial charge on any atom is -0.461 e. The maximum atomic E-state index is 5.41. The average Bonchev–Trinajstić information content (AvgIpc) is 3.63. The van der Waals surface area contributed by atoms with Crippen molar-refractivity contribution in [3.63, 3.8) is 0 Å². The Balaban J connectivity index is 1.24. The van der Waals surface area contributed by atoms with Gasteiger partial charge in [0, 0.05) is 28.7 Å². The number of nitrogens with zero attached hydrogens (tertiary/aromatic N) is 4. The molecule has 180 valence electrons. The van der Waals surface area contributed by atoms with Gasteiger partial charge in [-0.1, -0.05) is 53.7 Å². The summed E-state index contributed by atoms with van der Waals surface area (Å²) in [6.45, 7) is 0. The molecule has 3 heterocycles. The Morgan fingerprint density at radius 1 is 0.514 bits per heavy atom. The third-order valence-corrected chi connectivity index (χ3v) is 5.41. The van der Waals surface area contributed by atoms with Gasteiger partial charge in [0.1, 0.15) is 5.69 Å². The van der Waals surface area contributed by atoms with E-state index in [2.05, 4.69) is 36.1 Å². The van der Waals surface area contributed by atoms with E-state index in [1.165, 1.54) is 0 Å². The average molecular weight is 488 g/mol. The maximum absolute atomic E-state index is 5.41. The van der Waals surface area contributed by atoms with Crippen LogP contribution in [0.25, 0.3) is 22.8 Å². The van der Waals surface area contributed by atoms with Crippen LogP contribution in [0.15, 0.2) is 118 Å². The van der Waals surface area contributed by atoms with Gasteiger partial charge >= 0.3 is 0 Å². The fraction of sp³-hybridized carbons (Fsp3) is 0. The molecule has 3 N–H and O–H groups in total. The Kier molecular flexibility index (Phi) is 5.99. The predicted octanol–water partition coefficient (Wildman–Crippen LogP) is 7.02. The van der Waals surface area contributed by atoms with Gasteiger partial charge in [-0.25, -0.2) is 0 Å². The summed E-state index contributed by atoms with van der Waals surface area (Å²) in [6, 6.07) is 32.7. The minimum absolute atomic E-state index is 0.390. The lowest BCUT2D eigenvalue weighted by molar-refractivity contribution is 0.420. The molecule has 0 atom stereocenters. The summed E-state index contributed by atoms with van der Waals surface area (Å²) in [7, 11) is 0. The summed E-state index contributed by atoms with van der Waals surface area (Å²) >= 11 is 0. The van der Waals surface area contributed by atoms with Crippen LogP contribution in [-0.2, 0) is 0 Å². The van der Waals surface area contributed by atoms with Gasteiger partial charge < -0.3 is 24.9 Å². The van der Waals surface area contributed by atoms with E-state index >= 15 is 0 Å². The summed E-state index contributed by atoms with van der Waals surface area (Å²) in [5.41, 5.74) is 4.16. The van der Waals surface area contributed by atoms with Crippen LogP contribution in [-0.4, -0.2) is 20.1 Å².